The number of carbonyl (C=O) groups excluding carboxylic acids is 1. The molecule has 14 heteroatoms. The molecule has 0 aliphatic carbocycles. The van der Waals surface area contributed by atoms with Crippen LogP contribution < -0.4 is 10.6 Å². The van der Waals surface area contributed by atoms with Gasteiger partial charge in [-0.25, -0.2) is 14.6 Å². The minimum absolute atomic E-state index is 0.00233. The van der Waals surface area contributed by atoms with Crippen LogP contribution in [0.5, 0.6) is 0 Å². The summed E-state index contributed by atoms with van der Waals surface area (Å²) in [5.74, 6) is -2.35. The molecule has 0 fully saturated rings. The molecule has 2 aromatic heterocycles. The first-order chi connectivity index (χ1) is 17.7. The fraction of sp³-hybridized carbons (Fsp3) is 0.261. The molecule has 0 bridgehead atoms. The topological polar surface area (TPSA) is 173 Å². The SMILES string of the molecule is O=C(O)COCCOCC(NCc1ncc(-c2cc(Cl)ccc2Cl)o1)C(=O)Nc1ccncc1C(=O)O. The summed E-state index contributed by atoms with van der Waals surface area (Å²) in [7, 11) is 0. The molecule has 1 amide bonds. The maximum atomic E-state index is 13.0. The molecule has 3 aromatic rings. The lowest BCUT2D eigenvalue weighted by Gasteiger charge is -2.18. The van der Waals surface area contributed by atoms with Gasteiger partial charge in [-0.1, -0.05) is 23.2 Å². The largest absolute Gasteiger partial charge is 0.480 e. The number of pyridine rings is 1. The number of aromatic nitrogens is 2. The van der Waals surface area contributed by atoms with Crippen LogP contribution in [0.25, 0.3) is 11.3 Å². The molecular weight excluding hydrogens is 531 g/mol. The maximum absolute atomic E-state index is 13.0. The van der Waals surface area contributed by atoms with Crippen LogP contribution in [0.1, 0.15) is 16.2 Å². The van der Waals surface area contributed by atoms with Crippen molar-refractivity contribution in [3.05, 3.63) is 64.4 Å². The number of hydrogen-bond donors (Lipinski definition) is 4. The Labute approximate surface area is 220 Å². The number of carboxylic acid groups (broad SMARTS) is 2. The van der Waals surface area contributed by atoms with Crippen LogP contribution in [0.2, 0.25) is 10.0 Å². The summed E-state index contributed by atoms with van der Waals surface area (Å²) in [5, 5.41) is 24.3. The molecule has 0 aliphatic heterocycles. The van der Waals surface area contributed by atoms with E-state index in [4.69, 9.17) is 42.2 Å². The van der Waals surface area contributed by atoms with Gasteiger partial charge in [0.05, 0.1) is 43.3 Å². The van der Waals surface area contributed by atoms with Gasteiger partial charge < -0.3 is 29.4 Å². The number of anilines is 1. The van der Waals surface area contributed by atoms with E-state index < -0.39 is 30.5 Å². The van der Waals surface area contributed by atoms with E-state index >= 15 is 0 Å². The molecule has 0 spiro atoms. The smallest absolute Gasteiger partial charge is 0.339 e. The van der Waals surface area contributed by atoms with E-state index in [1.54, 1.807) is 18.2 Å². The van der Waals surface area contributed by atoms with Gasteiger partial charge in [-0.05, 0) is 24.3 Å². The summed E-state index contributed by atoms with van der Waals surface area (Å²) in [6.07, 6.45) is 3.93. The molecule has 1 aromatic carbocycles. The van der Waals surface area contributed by atoms with Gasteiger partial charge in [0.25, 0.3) is 0 Å². The summed E-state index contributed by atoms with van der Waals surface area (Å²) in [4.78, 5) is 42.9. The van der Waals surface area contributed by atoms with Gasteiger partial charge in [0.1, 0.15) is 18.2 Å². The average molecular weight is 553 g/mol. The van der Waals surface area contributed by atoms with Crippen molar-refractivity contribution in [2.24, 2.45) is 0 Å². The van der Waals surface area contributed by atoms with Gasteiger partial charge in [-0.15, -0.1) is 0 Å². The molecule has 1 unspecified atom stereocenters. The van der Waals surface area contributed by atoms with E-state index in [0.29, 0.717) is 21.4 Å². The summed E-state index contributed by atoms with van der Waals surface area (Å²) in [6.45, 7) is -0.599. The van der Waals surface area contributed by atoms with Gasteiger partial charge in [-0.3, -0.25) is 15.1 Å². The Kier molecular flexibility index (Phi) is 10.4. The zero-order valence-electron chi connectivity index (χ0n) is 19.1. The number of ether oxygens (including phenoxy) is 2. The molecule has 4 N–H and O–H groups in total. The number of nitrogens with zero attached hydrogens (tertiary/aromatic N) is 2. The number of benzene rings is 1. The van der Waals surface area contributed by atoms with E-state index in [2.05, 4.69) is 20.6 Å². The lowest BCUT2D eigenvalue weighted by atomic mass is 10.2. The van der Waals surface area contributed by atoms with Crippen molar-refractivity contribution in [1.29, 1.82) is 0 Å². The van der Waals surface area contributed by atoms with Crippen molar-refractivity contribution in [2.45, 2.75) is 12.6 Å². The van der Waals surface area contributed by atoms with Crippen LogP contribution in [0.4, 0.5) is 5.69 Å². The molecule has 3 rings (SSSR count). The summed E-state index contributed by atoms with van der Waals surface area (Å²) in [6, 6.07) is 5.28. The van der Waals surface area contributed by atoms with Crippen molar-refractivity contribution in [3.8, 4) is 11.3 Å². The molecule has 0 radical (unpaired) electrons. The number of carbonyl (C=O) groups is 3. The van der Waals surface area contributed by atoms with E-state index in [0.717, 1.165) is 6.20 Å². The van der Waals surface area contributed by atoms with E-state index in [-0.39, 0.29) is 43.5 Å². The number of aromatic carboxylic acids is 1. The molecule has 1 atom stereocenters. The number of oxazole rings is 1. The van der Waals surface area contributed by atoms with Crippen LogP contribution in [0.15, 0.2) is 47.3 Å². The number of rotatable bonds is 14. The van der Waals surface area contributed by atoms with Gasteiger partial charge in [-0.2, -0.15) is 0 Å². The number of carboxylic acids is 2. The summed E-state index contributed by atoms with van der Waals surface area (Å²) >= 11 is 12.2. The molecule has 37 heavy (non-hydrogen) atoms. The molecule has 196 valence electrons. The van der Waals surface area contributed by atoms with Crippen LogP contribution in [0.3, 0.4) is 0 Å². The molecule has 12 nitrogen and oxygen atoms in total. The van der Waals surface area contributed by atoms with Crippen LogP contribution in [-0.4, -0.2) is 70.5 Å². The number of hydrogen-bond acceptors (Lipinski definition) is 9. The molecular formula is C23H22Cl2N4O8. The third-order valence-corrected chi connectivity index (χ3v) is 5.32. The maximum Gasteiger partial charge on any atom is 0.339 e. The normalized spacial score (nSPS) is 11.7. The monoisotopic (exact) mass is 552 g/mol. The minimum atomic E-state index is -1.26. The standard InChI is InChI=1S/C23H22Cl2N4O8/c24-13-1-2-16(25)14(7-13)19-9-28-20(37-19)10-27-18(11-35-5-6-36-12-21(30)31)22(32)29-17-3-4-26-8-15(17)23(33)34/h1-4,7-9,18,27H,5-6,10-12H2,(H,30,31)(H,33,34)(H,26,29,32). The number of aliphatic carboxylic acids is 1. The van der Waals surface area contributed by atoms with Crippen LogP contribution in [0, 0.1) is 0 Å². The Morgan fingerprint density at radius 2 is 1.86 bits per heavy atom. The van der Waals surface area contributed by atoms with Crippen molar-refractivity contribution < 1.29 is 38.5 Å². The third kappa shape index (κ3) is 8.51. The van der Waals surface area contributed by atoms with Crippen molar-refractivity contribution in [1.82, 2.24) is 15.3 Å². The van der Waals surface area contributed by atoms with Gasteiger partial charge in [0, 0.05) is 23.0 Å². The molecule has 0 saturated carbocycles. The van der Waals surface area contributed by atoms with E-state index in [1.807, 2.05) is 0 Å². The second-order valence-electron chi connectivity index (χ2n) is 7.41. The first-order valence-electron chi connectivity index (χ1n) is 10.7. The van der Waals surface area contributed by atoms with E-state index in [9.17, 15) is 19.5 Å². The number of halogens is 2. The molecule has 0 aliphatic rings. The van der Waals surface area contributed by atoms with Crippen molar-refractivity contribution in [3.63, 3.8) is 0 Å². The quantitative estimate of drug-likeness (QED) is 0.216. The lowest BCUT2D eigenvalue weighted by molar-refractivity contribution is -0.142. The zero-order valence-corrected chi connectivity index (χ0v) is 20.7. The zero-order chi connectivity index (χ0) is 26.8. The summed E-state index contributed by atoms with van der Waals surface area (Å²) < 4.78 is 16.1. The predicted octanol–water partition coefficient (Wildman–Crippen LogP) is 2.96. The molecule has 2 heterocycles. The number of amides is 1. The van der Waals surface area contributed by atoms with Crippen LogP contribution >= 0.6 is 23.2 Å². The minimum Gasteiger partial charge on any atom is -0.480 e. The highest BCUT2D eigenvalue weighted by Gasteiger charge is 2.22. The third-order valence-electron chi connectivity index (χ3n) is 4.76. The van der Waals surface area contributed by atoms with Gasteiger partial charge in [0.15, 0.2) is 5.76 Å². The predicted molar refractivity (Wildman–Crippen MR) is 132 cm³/mol. The Hall–Kier alpha value is -3.55. The van der Waals surface area contributed by atoms with Crippen LogP contribution in [-0.2, 0) is 25.6 Å². The Balaban J connectivity index is 1.67. The highest BCUT2D eigenvalue weighted by Crippen LogP contribution is 2.31. The Morgan fingerprint density at radius 1 is 1.08 bits per heavy atom. The Bertz CT molecular complexity index is 1250. The second kappa shape index (κ2) is 13.7. The van der Waals surface area contributed by atoms with Gasteiger partial charge >= 0.3 is 11.9 Å². The summed E-state index contributed by atoms with van der Waals surface area (Å²) in [5.41, 5.74) is 0.414. The Morgan fingerprint density at radius 3 is 2.62 bits per heavy atom. The first kappa shape index (κ1) is 28.0. The van der Waals surface area contributed by atoms with E-state index in [1.165, 1.54) is 18.5 Å². The highest BCUT2D eigenvalue weighted by molar-refractivity contribution is 6.35. The number of nitrogens with one attached hydrogen (secondary N) is 2. The fourth-order valence-electron chi connectivity index (χ4n) is 3.01. The lowest BCUT2D eigenvalue weighted by Crippen LogP contribution is -2.44. The van der Waals surface area contributed by atoms with Gasteiger partial charge in [0.2, 0.25) is 11.8 Å². The molecule has 0 saturated heterocycles. The van der Waals surface area contributed by atoms with Crippen molar-refractivity contribution >= 4 is 46.7 Å². The average Bonchev–Trinajstić information content (AvgIpc) is 3.33. The highest BCUT2D eigenvalue weighted by atomic mass is 35.5. The first-order valence-corrected chi connectivity index (χ1v) is 11.5. The second-order valence-corrected chi connectivity index (χ2v) is 8.26. The van der Waals surface area contributed by atoms with Crippen molar-refractivity contribution in [2.75, 3.05) is 31.7 Å². The fourth-order valence-corrected chi connectivity index (χ4v) is 3.40.